The highest BCUT2D eigenvalue weighted by Crippen LogP contribution is 2.33. The summed E-state index contributed by atoms with van der Waals surface area (Å²) < 4.78 is 24.9. The van der Waals surface area contributed by atoms with Crippen molar-refractivity contribution >= 4 is 21.8 Å². The number of carbonyl (C=O) groups is 2. The highest BCUT2D eigenvalue weighted by atomic mass is 32.2. The second kappa shape index (κ2) is 6.39. The van der Waals surface area contributed by atoms with E-state index in [1.165, 1.54) is 0 Å². The number of hydrogen-bond acceptors (Lipinski definition) is 4. The molecule has 2 aliphatic heterocycles. The Hall–Kier alpha value is -1.15. The Morgan fingerprint density at radius 2 is 2.00 bits per heavy atom. The van der Waals surface area contributed by atoms with Gasteiger partial charge in [-0.2, -0.15) is 0 Å². The second-order valence-electron chi connectivity index (χ2n) is 7.09. The van der Waals surface area contributed by atoms with Crippen LogP contribution < -0.4 is 4.72 Å². The third-order valence-corrected chi connectivity index (χ3v) is 5.65. The molecule has 0 spiro atoms. The van der Waals surface area contributed by atoms with Gasteiger partial charge in [0.15, 0.2) is 0 Å². The van der Waals surface area contributed by atoms with Gasteiger partial charge in [-0.15, -0.1) is 0 Å². The van der Waals surface area contributed by atoms with Gasteiger partial charge in [-0.25, -0.2) is 13.1 Å². The first-order valence-electron chi connectivity index (χ1n) is 8.36. The topological polar surface area (TPSA) is 86.8 Å². The van der Waals surface area contributed by atoms with Gasteiger partial charge in [0, 0.05) is 38.6 Å². The fourth-order valence-corrected chi connectivity index (χ4v) is 4.13. The van der Waals surface area contributed by atoms with Crippen molar-refractivity contribution in [3.8, 4) is 0 Å². The number of likely N-dealkylation sites (tertiary alicyclic amines) is 2. The van der Waals surface area contributed by atoms with Crippen molar-refractivity contribution in [3.05, 3.63) is 0 Å². The largest absolute Gasteiger partial charge is 0.342 e. The van der Waals surface area contributed by atoms with Crippen LogP contribution in [0.2, 0.25) is 0 Å². The summed E-state index contributed by atoms with van der Waals surface area (Å²) in [7, 11) is -3.20. The maximum Gasteiger partial charge on any atom is 0.228 e. The summed E-state index contributed by atoms with van der Waals surface area (Å²) in [5, 5.41) is 0. The molecule has 1 N–H and O–H groups in total. The van der Waals surface area contributed by atoms with Crippen LogP contribution >= 0.6 is 0 Å². The van der Waals surface area contributed by atoms with E-state index in [0.29, 0.717) is 38.6 Å². The predicted octanol–water partition coefficient (Wildman–Crippen LogP) is -0.215. The lowest BCUT2D eigenvalue weighted by molar-refractivity contribution is -0.137. The van der Waals surface area contributed by atoms with Gasteiger partial charge in [0.05, 0.1) is 12.2 Å². The molecule has 1 aliphatic carbocycles. The van der Waals surface area contributed by atoms with Gasteiger partial charge in [0.2, 0.25) is 21.8 Å². The summed E-state index contributed by atoms with van der Waals surface area (Å²) in [6.45, 7) is 2.23. The second-order valence-corrected chi connectivity index (χ2v) is 8.92. The average Bonchev–Trinajstić information content (AvgIpc) is 3.27. The molecule has 7 nitrogen and oxygen atoms in total. The van der Waals surface area contributed by atoms with Crippen LogP contribution in [0.5, 0.6) is 0 Å². The first-order valence-corrected chi connectivity index (χ1v) is 10.3. The van der Waals surface area contributed by atoms with E-state index < -0.39 is 10.0 Å². The number of piperidine rings is 1. The van der Waals surface area contributed by atoms with Crippen molar-refractivity contribution in [2.45, 2.75) is 38.1 Å². The first kappa shape index (κ1) is 16.7. The Labute approximate surface area is 137 Å². The third-order valence-electron chi connectivity index (χ3n) is 4.96. The predicted molar refractivity (Wildman–Crippen MR) is 85.0 cm³/mol. The lowest BCUT2D eigenvalue weighted by Crippen LogP contribution is -2.46. The molecule has 23 heavy (non-hydrogen) atoms. The van der Waals surface area contributed by atoms with Crippen molar-refractivity contribution in [2.24, 2.45) is 11.8 Å². The van der Waals surface area contributed by atoms with Crippen LogP contribution in [0.15, 0.2) is 0 Å². The summed E-state index contributed by atoms with van der Waals surface area (Å²) in [5.41, 5.74) is 0. The molecule has 0 radical (unpaired) electrons. The van der Waals surface area contributed by atoms with Crippen LogP contribution in [0.25, 0.3) is 0 Å². The molecule has 3 fully saturated rings. The van der Waals surface area contributed by atoms with Gasteiger partial charge in [0.25, 0.3) is 0 Å². The molecule has 2 atom stereocenters. The van der Waals surface area contributed by atoms with Gasteiger partial charge in [-0.3, -0.25) is 9.59 Å². The first-order chi connectivity index (χ1) is 10.8. The molecule has 8 heteroatoms. The Morgan fingerprint density at radius 1 is 1.26 bits per heavy atom. The van der Waals surface area contributed by atoms with E-state index in [0.717, 1.165) is 31.9 Å². The number of nitrogens with one attached hydrogen (secondary N) is 1. The van der Waals surface area contributed by atoms with Gasteiger partial charge in [-0.05, 0) is 31.6 Å². The van der Waals surface area contributed by atoms with E-state index in [1.54, 1.807) is 0 Å². The molecule has 0 aromatic rings. The van der Waals surface area contributed by atoms with Crippen LogP contribution in [0.3, 0.4) is 0 Å². The summed E-state index contributed by atoms with van der Waals surface area (Å²) in [5.74, 6) is 0.104. The highest BCUT2D eigenvalue weighted by Gasteiger charge is 2.43. The van der Waals surface area contributed by atoms with Gasteiger partial charge in [-0.1, -0.05) is 0 Å². The summed E-state index contributed by atoms with van der Waals surface area (Å²) >= 11 is 0. The zero-order chi connectivity index (χ0) is 16.6. The van der Waals surface area contributed by atoms with Crippen LogP contribution in [0, 0.1) is 11.8 Å². The SMILES string of the molecule is CS(=O)(=O)NCC1CCCN(C(=O)C2CC(=O)N(C3CC3)C2)C1. The molecule has 1 saturated carbocycles. The van der Waals surface area contributed by atoms with Crippen LogP contribution in [-0.4, -0.2) is 68.5 Å². The monoisotopic (exact) mass is 343 g/mol. The van der Waals surface area contributed by atoms with E-state index in [1.807, 2.05) is 9.80 Å². The van der Waals surface area contributed by atoms with E-state index in [2.05, 4.69) is 4.72 Å². The molecule has 3 rings (SSSR count). The van der Waals surface area contributed by atoms with Crippen LogP contribution in [0.4, 0.5) is 0 Å². The molecule has 2 unspecified atom stereocenters. The minimum absolute atomic E-state index is 0.0607. The van der Waals surface area contributed by atoms with Gasteiger partial charge in [0.1, 0.15) is 0 Å². The molecular weight excluding hydrogens is 318 g/mol. The summed E-state index contributed by atoms with van der Waals surface area (Å²) in [6.07, 6.45) is 5.41. The Kier molecular flexibility index (Phi) is 4.64. The highest BCUT2D eigenvalue weighted by molar-refractivity contribution is 7.88. The molecule has 0 aromatic carbocycles. The Balaban J connectivity index is 1.54. The zero-order valence-electron chi connectivity index (χ0n) is 13.5. The molecular formula is C15H25N3O4S. The smallest absolute Gasteiger partial charge is 0.228 e. The molecule has 2 amide bonds. The average molecular weight is 343 g/mol. The number of amides is 2. The molecule has 130 valence electrons. The van der Waals surface area contributed by atoms with Crippen molar-refractivity contribution in [1.29, 1.82) is 0 Å². The normalized spacial score (nSPS) is 29.2. The van der Waals surface area contributed by atoms with E-state index in [-0.39, 0.29) is 23.7 Å². The maximum atomic E-state index is 12.7. The van der Waals surface area contributed by atoms with Crippen molar-refractivity contribution in [2.75, 3.05) is 32.4 Å². The van der Waals surface area contributed by atoms with Crippen molar-refractivity contribution in [1.82, 2.24) is 14.5 Å². The fraction of sp³-hybridized carbons (Fsp3) is 0.867. The van der Waals surface area contributed by atoms with E-state index in [9.17, 15) is 18.0 Å². The standard InChI is InChI=1S/C15H25N3O4S/c1-23(21,22)16-8-11-3-2-6-17(9-11)15(20)12-7-14(19)18(10-12)13-4-5-13/h11-13,16H,2-10H2,1H3. The molecule has 2 heterocycles. The number of rotatable bonds is 5. The van der Waals surface area contributed by atoms with E-state index in [4.69, 9.17) is 0 Å². The summed E-state index contributed by atoms with van der Waals surface area (Å²) in [6, 6.07) is 0.369. The van der Waals surface area contributed by atoms with Gasteiger partial charge >= 0.3 is 0 Å². The zero-order valence-corrected chi connectivity index (χ0v) is 14.3. The fourth-order valence-electron chi connectivity index (χ4n) is 3.60. The Morgan fingerprint density at radius 3 is 2.65 bits per heavy atom. The number of hydrogen-bond donors (Lipinski definition) is 1. The molecule has 2 saturated heterocycles. The third kappa shape index (κ3) is 4.23. The van der Waals surface area contributed by atoms with Crippen molar-refractivity contribution in [3.63, 3.8) is 0 Å². The lowest BCUT2D eigenvalue weighted by atomic mass is 9.96. The lowest BCUT2D eigenvalue weighted by Gasteiger charge is -2.34. The molecule has 3 aliphatic rings. The number of carbonyl (C=O) groups excluding carboxylic acids is 2. The molecule has 0 aromatic heterocycles. The maximum absolute atomic E-state index is 12.7. The number of nitrogens with zero attached hydrogens (tertiary/aromatic N) is 2. The summed E-state index contributed by atoms with van der Waals surface area (Å²) in [4.78, 5) is 28.4. The quantitative estimate of drug-likeness (QED) is 0.748. The van der Waals surface area contributed by atoms with Crippen molar-refractivity contribution < 1.29 is 18.0 Å². The van der Waals surface area contributed by atoms with Crippen LogP contribution in [-0.2, 0) is 19.6 Å². The Bertz CT molecular complexity index is 588. The van der Waals surface area contributed by atoms with Gasteiger partial charge < -0.3 is 9.80 Å². The minimum Gasteiger partial charge on any atom is -0.342 e. The van der Waals surface area contributed by atoms with Crippen LogP contribution in [0.1, 0.15) is 32.1 Å². The molecule has 0 bridgehead atoms. The minimum atomic E-state index is -3.20. The van der Waals surface area contributed by atoms with E-state index >= 15 is 0 Å². The number of sulfonamides is 1.